The summed E-state index contributed by atoms with van der Waals surface area (Å²) in [4.78, 5) is 5.78. The van der Waals surface area contributed by atoms with E-state index in [1.807, 2.05) is 0 Å². The first-order chi connectivity index (χ1) is 7.90. The zero-order valence-electron chi connectivity index (χ0n) is 10.1. The molecule has 16 heavy (non-hydrogen) atoms. The molecule has 2 rings (SSSR count). The Kier molecular flexibility index (Phi) is 4.37. The van der Waals surface area contributed by atoms with E-state index in [9.17, 15) is 0 Å². The fraction of sp³-hybridized carbons (Fsp3) is 0.571. The Morgan fingerprint density at radius 1 is 1.19 bits per heavy atom. The summed E-state index contributed by atoms with van der Waals surface area (Å²) in [6, 6.07) is 8.66. The topological polar surface area (TPSA) is 12.5 Å². The Morgan fingerprint density at radius 2 is 2.00 bits per heavy atom. The number of hydrogen-bond acceptors (Lipinski definition) is 2. The molecule has 0 bridgehead atoms. The molecule has 1 aromatic carbocycles. The molecule has 0 saturated carbocycles. The zero-order valence-corrected chi connectivity index (χ0v) is 10.1. The van der Waals surface area contributed by atoms with Crippen LogP contribution in [0.3, 0.4) is 0 Å². The van der Waals surface area contributed by atoms with E-state index >= 15 is 0 Å². The van der Waals surface area contributed by atoms with Gasteiger partial charge in [0.05, 0.1) is 6.61 Å². The lowest BCUT2D eigenvalue weighted by Crippen LogP contribution is -2.30. The van der Waals surface area contributed by atoms with Gasteiger partial charge in [0.1, 0.15) is 0 Å². The first-order valence-electron chi connectivity index (χ1n) is 6.35. The first kappa shape index (κ1) is 11.6. The third-order valence-corrected chi connectivity index (χ3v) is 3.12. The van der Waals surface area contributed by atoms with Crippen molar-refractivity contribution in [1.29, 1.82) is 0 Å². The molecular weight excluding hydrogens is 198 g/mol. The van der Waals surface area contributed by atoms with Crippen molar-refractivity contribution in [3.05, 3.63) is 35.4 Å². The third kappa shape index (κ3) is 3.06. The highest BCUT2D eigenvalue weighted by Gasteiger charge is 2.15. The van der Waals surface area contributed by atoms with Gasteiger partial charge in [-0.05, 0) is 24.0 Å². The van der Waals surface area contributed by atoms with Crippen LogP contribution in [0.5, 0.6) is 0 Å². The second-order valence-corrected chi connectivity index (χ2v) is 4.42. The van der Waals surface area contributed by atoms with Crippen LogP contribution in [0.1, 0.15) is 37.3 Å². The normalized spacial score (nSPS) is 16.1. The summed E-state index contributed by atoms with van der Waals surface area (Å²) in [5.74, 6) is 0. The minimum Gasteiger partial charge on any atom is -0.299 e. The third-order valence-electron chi connectivity index (χ3n) is 3.12. The molecule has 0 fully saturated rings. The Labute approximate surface area is 98.2 Å². The van der Waals surface area contributed by atoms with Gasteiger partial charge in [0.2, 0.25) is 0 Å². The van der Waals surface area contributed by atoms with Crippen molar-refractivity contribution in [2.45, 2.75) is 39.2 Å². The molecule has 1 heterocycles. The maximum Gasteiger partial charge on any atom is 0.0685 e. The zero-order chi connectivity index (χ0) is 11.2. The van der Waals surface area contributed by atoms with Gasteiger partial charge in [0, 0.05) is 13.1 Å². The van der Waals surface area contributed by atoms with E-state index in [1.165, 1.54) is 30.4 Å². The van der Waals surface area contributed by atoms with Gasteiger partial charge in [-0.3, -0.25) is 4.84 Å². The number of hydroxylamine groups is 2. The fourth-order valence-corrected chi connectivity index (χ4v) is 2.13. The van der Waals surface area contributed by atoms with Crippen LogP contribution in [0.2, 0.25) is 0 Å². The second kappa shape index (κ2) is 6.02. The molecular formula is C14H21NO. The Morgan fingerprint density at radius 3 is 2.81 bits per heavy atom. The maximum atomic E-state index is 5.78. The minimum absolute atomic E-state index is 0.871. The van der Waals surface area contributed by atoms with Crippen molar-refractivity contribution in [2.24, 2.45) is 0 Å². The molecule has 88 valence electrons. The Hall–Kier alpha value is -0.860. The predicted octanol–water partition coefficient (Wildman–Crippen LogP) is 3.17. The number of nitrogens with zero attached hydrogens (tertiary/aromatic N) is 1. The largest absolute Gasteiger partial charge is 0.299 e. The number of rotatable bonds is 5. The highest BCUT2D eigenvalue weighted by Crippen LogP contribution is 2.18. The molecule has 0 saturated heterocycles. The van der Waals surface area contributed by atoms with Gasteiger partial charge in [-0.15, -0.1) is 0 Å². The number of fused-ring (bicyclic) bond motifs is 1. The molecule has 0 aliphatic carbocycles. The summed E-state index contributed by atoms with van der Waals surface area (Å²) in [7, 11) is 0. The quantitative estimate of drug-likeness (QED) is 0.705. The van der Waals surface area contributed by atoms with Gasteiger partial charge in [0.25, 0.3) is 0 Å². The van der Waals surface area contributed by atoms with Crippen molar-refractivity contribution in [3.63, 3.8) is 0 Å². The van der Waals surface area contributed by atoms with Gasteiger partial charge in [0.15, 0.2) is 0 Å². The van der Waals surface area contributed by atoms with Crippen LogP contribution >= 0.6 is 0 Å². The van der Waals surface area contributed by atoms with Crippen LogP contribution in [0.15, 0.2) is 24.3 Å². The lowest BCUT2D eigenvalue weighted by molar-refractivity contribution is -0.170. The van der Waals surface area contributed by atoms with E-state index in [4.69, 9.17) is 4.84 Å². The number of hydrogen-bond donors (Lipinski definition) is 0. The molecule has 2 heteroatoms. The highest BCUT2D eigenvalue weighted by atomic mass is 16.7. The summed E-state index contributed by atoms with van der Waals surface area (Å²) < 4.78 is 0. The van der Waals surface area contributed by atoms with Gasteiger partial charge < -0.3 is 0 Å². The van der Waals surface area contributed by atoms with E-state index in [0.29, 0.717) is 0 Å². The van der Waals surface area contributed by atoms with Crippen LogP contribution in [0.4, 0.5) is 0 Å². The van der Waals surface area contributed by atoms with E-state index in [0.717, 1.165) is 26.1 Å². The average molecular weight is 219 g/mol. The van der Waals surface area contributed by atoms with E-state index in [2.05, 4.69) is 36.3 Å². The van der Waals surface area contributed by atoms with Crippen LogP contribution in [-0.2, 0) is 17.8 Å². The fourth-order valence-electron chi connectivity index (χ4n) is 2.13. The van der Waals surface area contributed by atoms with E-state index in [1.54, 1.807) is 0 Å². The minimum atomic E-state index is 0.871. The van der Waals surface area contributed by atoms with Crippen molar-refractivity contribution in [1.82, 2.24) is 5.06 Å². The summed E-state index contributed by atoms with van der Waals surface area (Å²) in [5, 5.41) is 2.11. The molecule has 1 aliphatic rings. The van der Waals surface area contributed by atoms with Crippen molar-refractivity contribution >= 4 is 0 Å². The Bertz CT molecular complexity index is 324. The standard InChI is InChI=1S/C14H21NO/c1-2-3-6-11-16-15-10-9-13-7-4-5-8-14(13)12-15/h4-5,7-8H,2-3,6,9-12H2,1H3. The molecule has 0 unspecified atom stereocenters. The SMILES string of the molecule is CCCCCON1CCc2ccccc2C1. The molecule has 0 atom stereocenters. The Balaban J connectivity index is 1.79. The molecule has 0 amide bonds. The van der Waals surface area contributed by atoms with Crippen LogP contribution in [0, 0.1) is 0 Å². The number of unbranched alkanes of at least 4 members (excludes halogenated alkanes) is 2. The lowest BCUT2D eigenvalue weighted by atomic mass is 10.0. The highest BCUT2D eigenvalue weighted by molar-refractivity contribution is 5.28. The smallest absolute Gasteiger partial charge is 0.0685 e. The molecule has 0 N–H and O–H groups in total. The maximum absolute atomic E-state index is 5.78. The molecule has 1 aliphatic heterocycles. The second-order valence-electron chi connectivity index (χ2n) is 4.42. The van der Waals surface area contributed by atoms with Crippen LogP contribution in [-0.4, -0.2) is 18.2 Å². The molecule has 1 aromatic rings. The van der Waals surface area contributed by atoms with Gasteiger partial charge in [-0.25, -0.2) is 0 Å². The average Bonchev–Trinajstić information content (AvgIpc) is 2.34. The molecule has 0 spiro atoms. The summed E-state index contributed by atoms with van der Waals surface area (Å²) in [6.45, 7) is 5.07. The molecule has 0 aromatic heterocycles. The predicted molar refractivity (Wildman–Crippen MR) is 66.0 cm³/mol. The summed E-state index contributed by atoms with van der Waals surface area (Å²) in [5.41, 5.74) is 2.90. The van der Waals surface area contributed by atoms with Crippen molar-refractivity contribution in [2.75, 3.05) is 13.2 Å². The van der Waals surface area contributed by atoms with Gasteiger partial charge in [-0.2, -0.15) is 5.06 Å². The first-order valence-corrected chi connectivity index (χ1v) is 6.35. The van der Waals surface area contributed by atoms with Crippen LogP contribution < -0.4 is 0 Å². The van der Waals surface area contributed by atoms with Crippen molar-refractivity contribution in [3.8, 4) is 0 Å². The van der Waals surface area contributed by atoms with Crippen molar-refractivity contribution < 1.29 is 4.84 Å². The monoisotopic (exact) mass is 219 g/mol. The van der Waals surface area contributed by atoms with Gasteiger partial charge >= 0.3 is 0 Å². The van der Waals surface area contributed by atoms with E-state index in [-0.39, 0.29) is 0 Å². The van der Waals surface area contributed by atoms with Crippen LogP contribution in [0.25, 0.3) is 0 Å². The summed E-state index contributed by atoms with van der Waals surface area (Å²) in [6.07, 6.45) is 4.81. The summed E-state index contributed by atoms with van der Waals surface area (Å²) >= 11 is 0. The van der Waals surface area contributed by atoms with Gasteiger partial charge in [-0.1, -0.05) is 44.0 Å². The lowest BCUT2D eigenvalue weighted by Gasteiger charge is -2.27. The molecule has 2 nitrogen and oxygen atoms in total. The molecule has 0 radical (unpaired) electrons. The van der Waals surface area contributed by atoms with E-state index < -0.39 is 0 Å². The number of benzene rings is 1.